The number of nitrogens with zero attached hydrogens (tertiary/aromatic N) is 3. The van der Waals surface area contributed by atoms with Crippen LogP contribution in [0.3, 0.4) is 0 Å². The van der Waals surface area contributed by atoms with E-state index in [0.717, 1.165) is 28.3 Å². The SMILES string of the molecule is COc1cccc(-n2ccc([C@H]3N(C)C(=O)c4ccccc4N3C)c2)c1. The number of fused-ring (bicyclic) bond motifs is 1. The van der Waals surface area contributed by atoms with E-state index in [4.69, 9.17) is 4.74 Å². The number of rotatable bonds is 3. The normalized spacial score (nSPS) is 16.6. The summed E-state index contributed by atoms with van der Waals surface area (Å²) in [5.74, 6) is 0.853. The van der Waals surface area contributed by atoms with Crippen LogP contribution in [0.2, 0.25) is 0 Å². The Labute approximate surface area is 153 Å². The van der Waals surface area contributed by atoms with Crippen molar-refractivity contribution in [2.24, 2.45) is 0 Å². The first kappa shape index (κ1) is 16.3. The fraction of sp³-hybridized carbons (Fsp3) is 0.190. The molecule has 0 N–H and O–H groups in total. The highest BCUT2D eigenvalue weighted by Crippen LogP contribution is 2.36. The number of carbonyl (C=O) groups excluding carboxylic acids is 1. The van der Waals surface area contributed by atoms with Crippen LogP contribution in [0.5, 0.6) is 5.75 Å². The van der Waals surface area contributed by atoms with Gasteiger partial charge in [0.2, 0.25) is 0 Å². The Morgan fingerprint density at radius 2 is 1.77 bits per heavy atom. The van der Waals surface area contributed by atoms with Gasteiger partial charge in [0.15, 0.2) is 0 Å². The van der Waals surface area contributed by atoms with Gasteiger partial charge in [0.05, 0.1) is 18.4 Å². The van der Waals surface area contributed by atoms with Crippen LogP contribution in [-0.2, 0) is 0 Å². The van der Waals surface area contributed by atoms with Gasteiger partial charge in [0.1, 0.15) is 11.9 Å². The van der Waals surface area contributed by atoms with Gasteiger partial charge in [-0.15, -0.1) is 0 Å². The van der Waals surface area contributed by atoms with E-state index in [2.05, 4.69) is 17.2 Å². The largest absolute Gasteiger partial charge is 0.497 e. The summed E-state index contributed by atoms with van der Waals surface area (Å²) >= 11 is 0. The monoisotopic (exact) mass is 347 g/mol. The van der Waals surface area contributed by atoms with Crippen LogP contribution in [0, 0.1) is 0 Å². The summed E-state index contributed by atoms with van der Waals surface area (Å²) in [5.41, 5.74) is 3.76. The summed E-state index contributed by atoms with van der Waals surface area (Å²) < 4.78 is 7.36. The van der Waals surface area contributed by atoms with Crippen molar-refractivity contribution in [3.8, 4) is 11.4 Å². The predicted octanol–water partition coefficient (Wildman–Crippen LogP) is 3.71. The molecule has 0 spiro atoms. The molecule has 1 aliphatic rings. The number of hydrogen-bond acceptors (Lipinski definition) is 3. The highest BCUT2D eigenvalue weighted by molar-refractivity contribution is 6.01. The Morgan fingerprint density at radius 3 is 2.58 bits per heavy atom. The lowest BCUT2D eigenvalue weighted by molar-refractivity contribution is 0.0711. The van der Waals surface area contributed by atoms with Crippen molar-refractivity contribution in [2.75, 3.05) is 26.1 Å². The zero-order chi connectivity index (χ0) is 18.3. The van der Waals surface area contributed by atoms with Gasteiger partial charge in [0, 0.05) is 43.8 Å². The molecule has 0 fully saturated rings. The van der Waals surface area contributed by atoms with Crippen molar-refractivity contribution in [1.29, 1.82) is 0 Å². The average Bonchev–Trinajstić information content (AvgIpc) is 3.16. The van der Waals surface area contributed by atoms with Crippen LogP contribution in [0.4, 0.5) is 5.69 Å². The number of hydrogen-bond donors (Lipinski definition) is 0. The van der Waals surface area contributed by atoms with Crippen molar-refractivity contribution in [3.05, 3.63) is 78.1 Å². The molecule has 3 aromatic rings. The van der Waals surface area contributed by atoms with E-state index < -0.39 is 0 Å². The molecule has 1 aromatic heterocycles. The Morgan fingerprint density at radius 1 is 0.962 bits per heavy atom. The lowest BCUT2D eigenvalue weighted by atomic mass is 10.0. The second kappa shape index (κ2) is 6.26. The molecule has 5 nitrogen and oxygen atoms in total. The van der Waals surface area contributed by atoms with Gasteiger partial charge in [-0.25, -0.2) is 0 Å². The minimum absolute atomic E-state index is 0.0397. The first-order valence-corrected chi connectivity index (χ1v) is 8.51. The van der Waals surface area contributed by atoms with Gasteiger partial charge in [-0.1, -0.05) is 18.2 Å². The zero-order valence-electron chi connectivity index (χ0n) is 15.1. The molecule has 0 unspecified atom stereocenters. The first-order chi connectivity index (χ1) is 12.6. The fourth-order valence-corrected chi connectivity index (χ4v) is 3.60. The van der Waals surface area contributed by atoms with Crippen LogP contribution < -0.4 is 9.64 Å². The van der Waals surface area contributed by atoms with Crippen molar-refractivity contribution < 1.29 is 9.53 Å². The highest BCUT2D eigenvalue weighted by Gasteiger charge is 2.34. The number of methoxy groups -OCH3 is 1. The summed E-state index contributed by atoms with van der Waals surface area (Å²) in [4.78, 5) is 16.7. The third-order valence-electron chi connectivity index (χ3n) is 4.93. The molecule has 26 heavy (non-hydrogen) atoms. The molecule has 0 radical (unpaired) electrons. The van der Waals surface area contributed by atoms with E-state index in [1.54, 1.807) is 12.0 Å². The van der Waals surface area contributed by atoms with Crippen LogP contribution in [0.15, 0.2) is 67.0 Å². The van der Waals surface area contributed by atoms with Gasteiger partial charge in [-0.2, -0.15) is 0 Å². The van der Waals surface area contributed by atoms with Gasteiger partial charge in [-0.3, -0.25) is 4.79 Å². The Balaban J connectivity index is 1.72. The predicted molar refractivity (Wildman–Crippen MR) is 102 cm³/mol. The number of anilines is 1. The van der Waals surface area contributed by atoms with Crippen molar-refractivity contribution in [2.45, 2.75) is 6.17 Å². The standard InChI is InChI=1S/C21H21N3O2/c1-22-19-10-5-4-9-18(19)21(25)23(2)20(22)15-11-12-24(14-15)16-7-6-8-17(13-16)26-3/h4-14,20H,1-3H3/t20-/m1/s1. The molecule has 5 heteroatoms. The maximum Gasteiger partial charge on any atom is 0.257 e. The molecule has 132 valence electrons. The minimum Gasteiger partial charge on any atom is -0.497 e. The van der Waals surface area contributed by atoms with Crippen LogP contribution in [0.1, 0.15) is 22.1 Å². The van der Waals surface area contributed by atoms with Gasteiger partial charge in [-0.05, 0) is 30.3 Å². The lowest BCUT2D eigenvalue weighted by Crippen LogP contribution is -2.45. The summed E-state index contributed by atoms with van der Waals surface area (Å²) in [6, 6.07) is 17.7. The molecule has 2 heterocycles. The second-order valence-electron chi connectivity index (χ2n) is 6.47. The minimum atomic E-state index is -0.149. The lowest BCUT2D eigenvalue weighted by Gasteiger charge is -2.41. The van der Waals surface area contributed by atoms with Crippen molar-refractivity contribution >= 4 is 11.6 Å². The number of aromatic nitrogens is 1. The molecule has 1 atom stereocenters. The maximum absolute atomic E-state index is 12.8. The molecular weight excluding hydrogens is 326 g/mol. The number of ether oxygens (including phenoxy) is 1. The number of amides is 1. The van der Waals surface area contributed by atoms with E-state index >= 15 is 0 Å². The first-order valence-electron chi connectivity index (χ1n) is 8.51. The summed E-state index contributed by atoms with van der Waals surface area (Å²) in [6.45, 7) is 0. The molecule has 0 saturated carbocycles. The smallest absolute Gasteiger partial charge is 0.257 e. The van der Waals surface area contributed by atoms with Crippen LogP contribution >= 0.6 is 0 Å². The maximum atomic E-state index is 12.8. The summed E-state index contributed by atoms with van der Waals surface area (Å²) in [6.07, 6.45) is 3.93. The fourth-order valence-electron chi connectivity index (χ4n) is 3.60. The molecule has 0 aliphatic carbocycles. The molecule has 4 rings (SSSR count). The van der Waals surface area contributed by atoms with E-state index in [1.165, 1.54) is 0 Å². The van der Waals surface area contributed by atoms with Crippen molar-refractivity contribution in [3.63, 3.8) is 0 Å². The molecule has 2 aromatic carbocycles. The molecule has 1 aliphatic heterocycles. The highest BCUT2D eigenvalue weighted by atomic mass is 16.5. The van der Waals surface area contributed by atoms with Crippen LogP contribution in [0.25, 0.3) is 5.69 Å². The average molecular weight is 347 g/mol. The molecule has 1 amide bonds. The van der Waals surface area contributed by atoms with E-state index in [-0.39, 0.29) is 12.1 Å². The van der Waals surface area contributed by atoms with E-state index in [9.17, 15) is 4.79 Å². The van der Waals surface area contributed by atoms with E-state index in [0.29, 0.717) is 0 Å². The number of para-hydroxylation sites is 1. The second-order valence-corrected chi connectivity index (χ2v) is 6.47. The Bertz CT molecular complexity index is 963. The number of carbonyl (C=O) groups is 1. The Kier molecular flexibility index (Phi) is 3.92. The van der Waals surface area contributed by atoms with Gasteiger partial charge < -0.3 is 19.1 Å². The topological polar surface area (TPSA) is 37.7 Å². The summed E-state index contributed by atoms with van der Waals surface area (Å²) in [5, 5.41) is 0. The third-order valence-corrected chi connectivity index (χ3v) is 4.93. The Hall–Kier alpha value is -3.21. The van der Waals surface area contributed by atoms with Crippen LogP contribution in [-0.4, -0.2) is 36.6 Å². The van der Waals surface area contributed by atoms with E-state index in [1.807, 2.05) is 73.4 Å². The third kappa shape index (κ3) is 2.52. The molecular formula is C21H21N3O2. The van der Waals surface area contributed by atoms with Gasteiger partial charge >= 0.3 is 0 Å². The molecule has 0 bridgehead atoms. The van der Waals surface area contributed by atoms with Gasteiger partial charge in [0.25, 0.3) is 5.91 Å². The summed E-state index contributed by atoms with van der Waals surface area (Å²) in [7, 11) is 5.53. The number of benzene rings is 2. The zero-order valence-corrected chi connectivity index (χ0v) is 15.1. The molecule has 0 saturated heterocycles. The quantitative estimate of drug-likeness (QED) is 0.725. The van der Waals surface area contributed by atoms with Crippen molar-refractivity contribution in [1.82, 2.24) is 9.47 Å².